The number of anilines is 1. The lowest BCUT2D eigenvalue weighted by molar-refractivity contribution is 0.293. The maximum Gasteiger partial charge on any atom is 0.174 e. The van der Waals surface area contributed by atoms with Crippen LogP contribution in [0.5, 0.6) is 5.75 Å². The monoisotopic (exact) mass is 364 g/mol. The maximum atomic E-state index is 5.76. The molecule has 0 spiro atoms. The molecule has 132 valence electrons. The summed E-state index contributed by atoms with van der Waals surface area (Å²) in [6.45, 7) is 1.74. The summed E-state index contributed by atoms with van der Waals surface area (Å²) in [5.41, 5.74) is 3.33. The van der Waals surface area contributed by atoms with Crippen LogP contribution in [0.1, 0.15) is 17.3 Å². The van der Waals surface area contributed by atoms with E-state index in [2.05, 4.69) is 50.2 Å². The van der Waals surface area contributed by atoms with Crippen molar-refractivity contribution in [1.82, 2.24) is 14.5 Å². The molecule has 3 aromatic rings. The molecule has 2 aromatic heterocycles. The second-order valence-electron chi connectivity index (χ2n) is 6.17. The van der Waals surface area contributed by atoms with Crippen molar-refractivity contribution >= 4 is 23.0 Å². The smallest absolute Gasteiger partial charge is 0.174 e. The average Bonchev–Trinajstić information content (AvgIpc) is 3.16. The standard InChI is InChI=1S/C20H20N4OS/c1-25-17-5-2-4-16(14-17)22-20(26)24-13-12-23-11-3-6-18(23)19(24)15-7-9-21-10-8-15/h2-11,14,19H,12-13H2,1H3,(H,22,26)/t19-/m0/s1. The summed E-state index contributed by atoms with van der Waals surface area (Å²) in [6.07, 6.45) is 5.78. The van der Waals surface area contributed by atoms with Gasteiger partial charge in [0.05, 0.1) is 13.2 Å². The highest BCUT2D eigenvalue weighted by Crippen LogP contribution is 2.32. The largest absolute Gasteiger partial charge is 0.497 e. The first-order valence-corrected chi connectivity index (χ1v) is 8.94. The zero-order valence-corrected chi connectivity index (χ0v) is 15.3. The van der Waals surface area contributed by atoms with Gasteiger partial charge in [-0.25, -0.2) is 0 Å². The van der Waals surface area contributed by atoms with Crippen LogP contribution in [0.15, 0.2) is 67.1 Å². The Kier molecular flexibility index (Phi) is 4.58. The van der Waals surface area contributed by atoms with Crippen LogP contribution in [0.25, 0.3) is 0 Å². The van der Waals surface area contributed by atoms with E-state index in [0.29, 0.717) is 5.11 Å². The van der Waals surface area contributed by atoms with E-state index in [1.807, 2.05) is 36.7 Å². The van der Waals surface area contributed by atoms with E-state index in [1.54, 1.807) is 7.11 Å². The molecule has 0 saturated carbocycles. The lowest BCUT2D eigenvalue weighted by atomic mass is 10.0. The van der Waals surface area contributed by atoms with E-state index >= 15 is 0 Å². The molecule has 3 heterocycles. The number of rotatable bonds is 3. The van der Waals surface area contributed by atoms with Crippen molar-refractivity contribution in [1.29, 1.82) is 0 Å². The maximum absolute atomic E-state index is 5.76. The van der Waals surface area contributed by atoms with Crippen LogP contribution in [0.2, 0.25) is 0 Å². The number of fused-ring (bicyclic) bond motifs is 1. The molecular formula is C20H20N4OS. The Morgan fingerprint density at radius 2 is 2.00 bits per heavy atom. The zero-order valence-electron chi connectivity index (χ0n) is 14.5. The Balaban J connectivity index is 1.64. The van der Waals surface area contributed by atoms with Gasteiger partial charge in [0, 0.05) is 49.1 Å². The van der Waals surface area contributed by atoms with Crippen LogP contribution >= 0.6 is 12.2 Å². The predicted octanol–water partition coefficient (Wildman–Crippen LogP) is 3.69. The fraction of sp³-hybridized carbons (Fsp3) is 0.200. The number of nitrogens with one attached hydrogen (secondary N) is 1. The van der Waals surface area contributed by atoms with Crippen LogP contribution in [0.4, 0.5) is 5.69 Å². The molecule has 1 aliphatic heterocycles. The number of aromatic nitrogens is 2. The van der Waals surface area contributed by atoms with E-state index in [-0.39, 0.29) is 6.04 Å². The first-order valence-electron chi connectivity index (χ1n) is 8.53. The second kappa shape index (κ2) is 7.17. The third-order valence-electron chi connectivity index (χ3n) is 4.64. The average molecular weight is 364 g/mol. The van der Waals surface area contributed by atoms with E-state index < -0.39 is 0 Å². The van der Waals surface area contributed by atoms with Gasteiger partial charge in [0.25, 0.3) is 0 Å². The van der Waals surface area contributed by atoms with Gasteiger partial charge in [-0.2, -0.15) is 0 Å². The lowest BCUT2D eigenvalue weighted by Gasteiger charge is -2.39. The Bertz CT molecular complexity index is 909. The molecule has 0 unspecified atom stereocenters. The quantitative estimate of drug-likeness (QED) is 0.718. The summed E-state index contributed by atoms with van der Waals surface area (Å²) in [6, 6.07) is 16.2. The molecule has 0 saturated heterocycles. The molecule has 0 radical (unpaired) electrons. The van der Waals surface area contributed by atoms with Gasteiger partial charge >= 0.3 is 0 Å². The Hall–Kier alpha value is -2.86. The van der Waals surface area contributed by atoms with Gasteiger partial charge in [-0.3, -0.25) is 4.98 Å². The summed E-state index contributed by atoms with van der Waals surface area (Å²) >= 11 is 5.76. The van der Waals surface area contributed by atoms with Crippen LogP contribution in [0.3, 0.4) is 0 Å². The molecular weight excluding hydrogens is 344 g/mol. The number of hydrogen-bond donors (Lipinski definition) is 1. The number of pyridine rings is 1. The van der Waals surface area contributed by atoms with E-state index in [0.717, 1.165) is 24.5 Å². The number of nitrogens with zero attached hydrogens (tertiary/aromatic N) is 3. The summed E-state index contributed by atoms with van der Waals surface area (Å²) in [5.74, 6) is 0.802. The minimum absolute atomic E-state index is 0.0624. The zero-order chi connectivity index (χ0) is 17.9. The van der Waals surface area contributed by atoms with Crippen LogP contribution in [-0.2, 0) is 6.54 Å². The highest BCUT2D eigenvalue weighted by molar-refractivity contribution is 7.80. The highest BCUT2D eigenvalue weighted by Gasteiger charge is 2.30. The van der Waals surface area contributed by atoms with Crippen molar-refractivity contribution in [2.45, 2.75) is 12.6 Å². The molecule has 1 N–H and O–H groups in total. The Labute approximate surface area is 158 Å². The topological polar surface area (TPSA) is 42.3 Å². The fourth-order valence-corrected chi connectivity index (χ4v) is 3.71. The van der Waals surface area contributed by atoms with Crippen molar-refractivity contribution < 1.29 is 4.74 Å². The third kappa shape index (κ3) is 3.15. The number of ether oxygens (including phenoxy) is 1. The normalized spacial score (nSPS) is 16.0. The summed E-state index contributed by atoms with van der Waals surface area (Å²) in [5, 5.41) is 4.06. The SMILES string of the molecule is COc1cccc(NC(=S)N2CCn3cccc3[C@@H]2c2ccncc2)c1. The van der Waals surface area contributed by atoms with Gasteiger partial charge in [-0.1, -0.05) is 6.07 Å². The molecule has 1 aromatic carbocycles. The predicted molar refractivity (Wildman–Crippen MR) is 106 cm³/mol. The van der Waals surface area contributed by atoms with Crippen LogP contribution < -0.4 is 10.1 Å². The molecule has 26 heavy (non-hydrogen) atoms. The van der Waals surface area contributed by atoms with Gasteiger partial charge in [-0.15, -0.1) is 0 Å². The Morgan fingerprint density at radius 3 is 2.81 bits per heavy atom. The molecule has 4 rings (SSSR count). The van der Waals surface area contributed by atoms with E-state index in [1.165, 1.54) is 11.3 Å². The Morgan fingerprint density at radius 1 is 1.15 bits per heavy atom. The summed E-state index contributed by atoms with van der Waals surface area (Å²) < 4.78 is 7.59. The number of hydrogen-bond acceptors (Lipinski definition) is 3. The van der Waals surface area contributed by atoms with E-state index in [9.17, 15) is 0 Å². The van der Waals surface area contributed by atoms with E-state index in [4.69, 9.17) is 17.0 Å². The van der Waals surface area contributed by atoms with Gasteiger partial charge in [0.15, 0.2) is 5.11 Å². The lowest BCUT2D eigenvalue weighted by Crippen LogP contribution is -2.44. The minimum atomic E-state index is 0.0624. The fourth-order valence-electron chi connectivity index (χ4n) is 3.39. The van der Waals surface area contributed by atoms with Gasteiger partial charge < -0.3 is 19.5 Å². The first-order chi connectivity index (χ1) is 12.8. The highest BCUT2D eigenvalue weighted by atomic mass is 32.1. The molecule has 6 heteroatoms. The minimum Gasteiger partial charge on any atom is -0.497 e. The molecule has 0 aliphatic carbocycles. The van der Waals surface area contributed by atoms with Crippen molar-refractivity contribution in [3.8, 4) is 5.75 Å². The first kappa shape index (κ1) is 16.6. The van der Waals surface area contributed by atoms with Gasteiger partial charge in [-0.05, 0) is 54.2 Å². The van der Waals surface area contributed by atoms with Crippen molar-refractivity contribution in [2.24, 2.45) is 0 Å². The summed E-state index contributed by atoms with van der Waals surface area (Å²) in [4.78, 5) is 6.39. The second-order valence-corrected chi connectivity index (χ2v) is 6.55. The molecule has 0 bridgehead atoms. The molecule has 1 atom stereocenters. The molecule has 0 amide bonds. The summed E-state index contributed by atoms with van der Waals surface area (Å²) in [7, 11) is 1.66. The van der Waals surface area contributed by atoms with Crippen molar-refractivity contribution in [3.63, 3.8) is 0 Å². The van der Waals surface area contributed by atoms with Gasteiger partial charge in [0.1, 0.15) is 5.75 Å². The molecule has 0 fully saturated rings. The van der Waals surface area contributed by atoms with Crippen molar-refractivity contribution in [3.05, 3.63) is 78.4 Å². The number of benzene rings is 1. The van der Waals surface area contributed by atoms with Crippen molar-refractivity contribution in [2.75, 3.05) is 19.0 Å². The number of thiocarbonyl (C=S) groups is 1. The van der Waals surface area contributed by atoms with Crippen LogP contribution in [-0.4, -0.2) is 33.2 Å². The number of methoxy groups -OCH3 is 1. The molecule has 5 nitrogen and oxygen atoms in total. The molecule has 1 aliphatic rings. The third-order valence-corrected chi connectivity index (χ3v) is 4.98. The van der Waals surface area contributed by atoms with Crippen LogP contribution in [0, 0.1) is 0 Å². The van der Waals surface area contributed by atoms with Gasteiger partial charge in [0.2, 0.25) is 0 Å².